The van der Waals surface area contributed by atoms with E-state index >= 15 is 0 Å². The Balaban J connectivity index is 2.16. The lowest BCUT2D eigenvalue weighted by atomic mass is 9.94. The Bertz CT molecular complexity index is 394. The zero-order chi connectivity index (χ0) is 18.0. The van der Waals surface area contributed by atoms with Gasteiger partial charge < -0.3 is 49.6 Å². The van der Waals surface area contributed by atoms with Crippen molar-refractivity contribution in [3.8, 4) is 0 Å². The second-order valence-corrected chi connectivity index (χ2v) is 6.05. The quantitative estimate of drug-likeness (QED) is 0.290. The highest BCUT2D eigenvalue weighted by Gasteiger charge is 2.50. The van der Waals surface area contributed by atoms with Crippen LogP contribution < -0.4 is 0 Å². The van der Waals surface area contributed by atoms with E-state index in [2.05, 4.69) is 0 Å². The largest absolute Gasteiger partial charge is 0.394 e. The fraction of sp³-hybridized carbons (Fsp3) is 1.00. The lowest BCUT2D eigenvalue weighted by molar-refractivity contribution is -0.342. The minimum atomic E-state index is -1.60. The Kier molecular flexibility index (Phi) is 6.90. The highest BCUT2D eigenvalue weighted by atomic mass is 16.7. The maximum absolute atomic E-state index is 10.2. The minimum Gasteiger partial charge on any atom is -0.394 e. The molecule has 0 aliphatic carbocycles. The van der Waals surface area contributed by atoms with E-state index < -0.39 is 74.4 Å². The monoisotopic (exact) mass is 354 g/mol. The molecular formula is C14H26O10. The van der Waals surface area contributed by atoms with E-state index in [1.807, 2.05) is 0 Å². The second kappa shape index (κ2) is 8.32. The number of aliphatic hydroxyl groups is 6. The third kappa shape index (κ3) is 3.73. The van der Waals surface area contributed by atoms with Gasteiger partial charge in [-0.25, -0.2) is 0 Å². The van der Waals surface area contributed by atoms with Gasteiger partial charge in [-0.15, -0.1) is 0 Å². The molecule has 2 rings (SSSR count). The molecule has 2 heterocycles. The first-order valence-corrected chi connectivity index (χ1v) is 7.78. The molecule has 4 unspecified atom stereocenters. The van der Waals surface area contributed by atoms with Crippen molar-refractivity contribution in [3.63, 3.8) is 0 Å². The molecule has 0 bridgehead atoms. The van der Waals surface area contributed by atoms with E-state index in [9.17, 15) is 30.6 Å². The summed E-state index contributed by atoms with van der Waals surface area (Å²) in [5.41, 5.74) is 0. The van der Waals surface area contributed by atoms with Crippen molar-refractivity contribution in [2.75, 3.05) is 20.3 Å². The lowest BCUT2D eigenvalue weighted by Gasteiger charge is -2.46. The molecule has 10 heteroatoms. The van der Waals surface area contributed by atoms with Crippen LogP contribution in [0.25, 0.3) is 0 Å². The van der Waals surface area contributed by atoms with Crippen LogP contribution in [0.2, 0.25) is 0 Å². The average molecular weight is 354 g/mol. The van der Waals surface area contributed by atoms with E-state index in [0.717, 1.165) is 0 Å². The Morgan fingerprint density at radius 3 is 1.96 bits per heavy atom. The summed E-state index contributed by atoms with van der Waals surface area (Å²) in [6.07, 6.45) is -11.7. The topological polar surface area (TPSA) is 158 Å². The maximum Gasteiger partial charge on any atom is 0.187 e. The van der Waals surface area contributed by atoms with Crippen LogP contribution in [0.5, 0.6) is 0 Å². The summed E-state index contributed by atoms with van der Waals surface area (Å²) in [6.45, 7) is 0.588. The number of hydrogen-bond donors (Lipinski definition) is 6. The molecule has 0 spiro atoms. The minimum absolute atomic E-state index is 0.432. The predicted molar refractivity (Wildman–Crippen MR) is 76.9 cm³/mol. The predicted octanol–water partition coefficient (Wildman–Crippen LogP) is -3.67. The highest BCUT2D eigenvalue weighted by Crippen LogP contribution is 2.30. The fourth-order valence-electron chi connectivity index (χ4n) is 3.03. The first kappa shape index (κ1) is 19.9. The maximum atomic E-state index is 10.2. The van der Waals surface area contributed by atoms with Crippen molar-refractivity contribution in [1.29, 1.82) is 0 Å². The van der Waals surface area contributed by atoms with E-state index in [1.165, 1.54) is 7.11 Å². The van der Waals surface area contributed by atoms with Gasteiger partial charge in [-0.2, -0.15) is 0 Å². The number of rotatable bonds is 5. The molecule has 0 radical (unpaired) electrons. The molecule has 2 aliphatic rings. The van der Waals surface area contributed by atoms with Crippen molar-refractivity contribution in [3.05, 3.63) is 0 Å². The summed E-state index contributed by atoms with van der Waals surface area (Å²) >= 11 is 0. The van der Waals surface area contributed by atoms with Gasteiger partial charge in [-0.1, -0.05) is 0 Å². The van der Waals surface area contributed by atoms with Gasteiger partial charge in [-0.05, 0) is 6.92 Å². The van der Waals surface area contributed by atoms with Gasteiger partial charge in [0.2, 0.25) is 0 Å². The molecule has 0 saturated carbocycles. The number of aliphatic hydroxyl groups excluding tert-OH is 6. The number of hydrogen-bond acceptors (Lipinski definition) is 10. The molecule has 10 nitrogen and oxygen atoms in total. The lowest BCUT2D eigenvalue weighted by Crippen LogP contribution is -2.64. The number of ether oxygens (including phenoxy) is 4. The van der Waals surface area contributed by atoms with Gasteiger partial charge >= 0.3 is 0 Å². The van der Waals surface area contributed by atoms with Crippen LogP contribution in [-0.4, -0.2) is 112 Å². The summed E-state index contributed by atoms with van der Waals surface area (Å²) in [5.74, 6) is 0. The van der Waals surface area contributed by atoms with Gasteiger partial charge in [0, 0.05) is 7.11 Å². The Morgan fingerprint density at radius 1 is 0.792 bits per heavy atom. The van der Waals surface area contributed by atoms with Gasteiger partial charge in [0.15, 0.2) is 6.29 Å². The van der Waals surface area contributed by atoms with E-state index in [1.54, 1.807) is 6.92 Å². The van der Waals surface area contributed by atoms with Crippen LogP contribution in [-0.2, 0) is 18.9 Å². The van der Waals surface area contributed by atoms with Gasteiger partial charge in [0.1, 0.15) is 48.8 Å². The van der Waals surface area contributed by atoms with Gasteiger partial charge in [0.25, 0.3) is 0 Å². The molecule has 10 atom stereocenters. The van der Waals surface area contributed by atoms with Crippen molar-refractivity contribution in [2.24, 2.45) is 0 Å². The van der Waals surface area contributed by atoms with Crippen molar-refractivity contribution >= 4 is 0 Å². The van der Waals surface area contributed by atoms with E-state index in [0.29, 0.717) is 0 Å². The average Bonchev–Trinajstić information content (AvgIpc) is 2.58. The first-order valence-electron chi connectivity index (χ1n) is 7.78. The SMILES string of the molecule is CO[C@@H]1C(O)[C@@H](C)OC(CO)[C@@H]1O[C@H]1OC(CO)[C@H](O)[C@H](O)C1O. The summed E-state index contributed by atoms with van der Waals surface area (Å²) in [6, 6.07) is 0. The molecule has 2 fully saturated rings. The molecule has 24 heavy (non-hydrogen) atoms. The Labute approximate surface area is 139 Å². The highest BCUT2D eigenvalue weighted by molar-refractivity contribution is 4.95. The van der Waals surface area contributed by atoms with E-state index in [-0.39, 0.29) is 0 Å². The summed E-state index contributed by atoms with van der Waals surface area (Å²) in [7, 11) is 1.35. The van der Waals surface area contributed by atoms with Crippen LogP contribution in [0.1, 0.15) is 6.92 Å². The van der Waals surface area contributed by atoms with Crippen LogP contribution in [0.3, 0.4) is 0 Å². The summed E-state index contributed by atoms with van der Waals surface area (Å²) in [5, 5.41) is 58.5. The zero-order valence-electron chi connectivity index (χ0n) is 13.5. The zero-order valence-corrected chi connectivity index (χ0v) is 13.5. The molecule has 0 aromatic heterocycles. The van der Waals surface area contributed by atoms with Gasteiger partial charge in [0.05, 0.1) is 19.3 Å². The fourth-order valence-corrected chi connectivity index (χ4v) is 3.03. The van der Waals surface area contributed by atoms with E-state index in [4.69, 9.17) is 18.9 Å². The number of methoxy groups -OCH3 is 1. The smallest absolute Gasteiger partial charge is 0.187 e. The van der Waals surface area contributed by atoms with Crippen molar-refractivity contribution in [1.82, 2.24) is 0 Å². The third-order valence-corrected chi connectivity index (χ3v) is 4.49. The summed E-state index contributed by atoms with van der Waals surface area (Å²) in [4.78, 5) is 0. The van der Waals surface area contributed by atoms with Crippen LogP contribution in [0.15, 0.2) is 0 Å². The van der Waals surface area contributed by atoms with Crippen LogP contribution in [0, 0.1) is 0 Å². The van der Waals surface area contributed by atoms with Gasteiger partial charge in [-0.3, -0.25) is 0 Å². The molecule has 142 valence electrons. The van der Waals surface area contributed by atoms with Crippen LogP contribution in [0.4, 0.5) is 0 Å². The van der Waals surface area contributed by atoms with Crippen molar-refractivity contribution < 1.29 is 49.6 Å². The molecule has 6 N–H and O–H groups in total. The Morgan fingerprint density at radius 2 is 1.42 bits per heavy atom. The van der Waals surface area contributed by atoms with Crippen LogP contribution >= 0.6 is 0 Å². The Hall–Kier alpha value is -0.400. The normalized spacial score (nSPS) is 50.0. The molecule has 2 aliphatic heterocycles. The molecule has 0 amide bonds. The summed E-state index contributed by atoms with van der Waals surface area (Å²) < 4.78 is 21.6. The molecule has 0 aromatic rings. The second-order valence-electron chi connectivity index (χ2n) is 6.05. The third-order valence-electron chi connectivity index (χ3n) is 4.49. The molecular weight excluding hydrogens is 328 g/mol. The van der Waals surface area contributed by atoms with Crippen molar-refractivity contribution in [2.45, 2.75) is 68.1 Å². The molecule has 0 aromatic carbocycles. The first-order chi connectivity index (χ1) is 11.3. The molecule has 2 saturated heterocycles. The standard InChI is InChI=1S/C14H26O10/c1-5-8(17)13(21-2)12(7(4-16)22-5)24-14-11(20)10(19)9(18)6(3-15)23-14/h5-20H,3-4H2,1-2H3/t5-,6?,7?,8?,9+,10+,11?,12+,13-,14-/m1/s1.